The summed E-state index contributed by atoms with van der Waals surface area (Å²) in [5.74, 6) is 1.19. The van der Waals surface area contributed by atoms with Crippen molar-refractivity contribution in [3.8, 4) is 5.75 Å². The molecule has 0 radical (unpaired) electrons. The summed E-state index contributed by atoms with van der Waals surface area (Å²) in [5.41, 5.74) is 2.55. The number of anilines is 1. The molecule has 3 heterocycles. The molecule has 2 aliphatic rings. The van der Waals surface area contributed by atoms with Gasteiger partial charge in [-0.15, -0.1) is 0 Å². The molecule has 8 nitrogen and oxygen atoms in total. The average Bonchev–Trinajstić information content (AvgIpc) is 3.42. The number of aryl methyl sites for hydroxylation is 2. The molecule has 0 saturated carbocycles. The fourth-order valence-corrected chi connectivity index (χ4v) is 4.59. The molecule has 1 atom stereocenters. The van der Waals surface area contributed by atoms with E-state index in [1.54, 1.807) is 21.9 Å². The van der Waals surface area contributed by atoms with Crippen LogP contribution in [0.15, 0.2) is 59.1 Å². The number of carbonyl (C=O) groups is 2. The standard InChI is InChI=1S/C26H27N3O5/c1-18-23(19(2)34-27-18)14-32-22-10-6-7-20(13-22)25(31)28-12-11-26(16-28)17-29(24(30)15-33-26)21-8-4-3-5-9-21/h3-10,13H,11-12,14-17H2,1-2H3. The number of aromatic nitrogens is 1. The Morgan fingerprint density at radius 3 is 2.71 bits per heavy atom. The SMILES string of the molecule is Cc1noc(C)c1COc1cccc(C(=O)N2CCC3(C2)CN(c2ccccc2)C(=O)CO3)c1. The van der Waals surface area contributed by atoms with E-state index < -0.39 is 5.60 Å². The summed E-state index contributed by atoms with van der Waals surface area (Å²) in [7, 11) is 0. The van der Waals surface area contributed by atoms with Crippen LogP contribution in [0.1, 0.15) is 33.8 Å². The quantitative estimate of drug-likeness (QED) is 0.578. The van der Waals surface area contributed by atoms with Gasteiger partial charge in [0.1, 0.15) is 30.3 Å². The van der Waals surface area contributed by atoms with Crippen molar-refractivity contribution in [1.82, 2.24) is 10.1 Å². The van der Waals surface area contributed by atoms with Crippen LogP contribution in [-0.2, 0) is 16.1 Å². The van der Waals surface area contributed by atoms with Gasteiger partial charge >= 0.3 is 0 Å². The summed E-state index contributed by atoms with van der Waals surface area (Å²) in [6, 6.07) is 16.8. The smallest absolute Gasteiger partial charge is 0.254 e. The van der Waals surface area contributed by atoms with E-state index in [4.69, 9.17) is 14.0 Å². The van der Waals surface area contributed by atoms with Crippen LogP contribution in [0.5, 0.6) is 5.75 Å². The summed E-state index contributed by atoms with van der Waals surface area (Å²) >= 11 is 0. The Morgan fingerprint density at radius 1 is 1.12 bits per heavy atom. The molecular weight excluding hydrogens is 434 g/mol. The van der Waals surface area contributed by atoms with Gasteiger partial charge in [-0.3, -0.25) is 9.59 Å². The van der Waals surface area contributed by atoms with Crippen LogP contribution >= 0.6 is 0 Å². The highest BCUT2D eigenvalue weighted by atomic mass is 16.5. The molecule has 2 amide bonds. The number of para-hydroxylation sites is 1. The van der Waals surface area contributed by atoms with Crippen molar-refractivity contribution in [3.63, 3.8) is 0 Å². The van der Waals surface area contributed by atoms with Crippen LogP contribution in [-0.4, -0.2) is 53.7 Å². The van der Waals surface area contributed by atoms with Crippen molar-refractivity contribution in [3.05, 3.63) is 77.2 Å². The second-order valence-corrected chi connectivity index (χ2v) is 8.88. The zero-order chi connectivity index (χ0) is 23.7. The van der Waals surface area contributed by atoms with Gasteiger partial charge in [-0.25, -0.2) is 0 Å². The van der Waals surface area contributed by atoms with Gasteiger partial charge in [0.05, 0.1) is 24.3 Å². The number of morpholine rings is 1. The number of benzene rings is 2. The summed E-state index contributed by atoms with van der Waals surface area (Å²) in [6.45, 7) is 5.50. The number of amides is 2. The van der Waals surface area contributed by atoms with Gasteiger partial charge < -0.3 is 23.8 Å². The fourth-order valence-electron chi connectivity index (χ4n) is 4.59. The van der Waals surface area contributed by atoms with E-state index in [0.29, 0.717) is 44.0 Å². The Morgan fingerprint density at radius 2 is 1.94 bits per heavy atom. The third-order valence-electron chi connectivity index (χ3n) is 6.57. The van der Waals surface area contributed by atoms with E-state index in [-0.39, 0.29) is 18.4 Å². The maximum atomic E-state index is 13.3. The Kier molecular flexibility index (Phi) is 5.83. The fraction of sp³-hybridized carbons (Fsp3) is 0.346. The lowest BCUT2D eigenvalue weighted by Gasteiger charge is -2.40. The summed E-state index contributed by atoms with van der Waals surface area (Å²) in [6.07, 6.45) is 0.678. The van der Waals surface area contributed by atoms with E-state index in [2.05, 4.69) is 5.16 Å². The number of hydrogen-bond donors (Lipinski definition) is 0. The van der Waals surface area contributed by atoms with Crippen LogP contribution in [0, 0.1) is 13.8 Å². The highest BCUT2D eigenvalue weighted by molar-refractivity contribution is 5.96. The maximum absolute atomic E-state index is 13.3. The van der Waals surface area contributed by atoms with Gasteiger partial charge in [-0.05, 0) is 50.6 Å². The lowest BCUT2D eigenvalue weighted by atomic mass is 10.00. The lowest BCUT2D eigenvalue weighted by Crippen LogP contribution is -2.56. The molecule has 2 saturated heterocycles. The predicted molar refractivity (Wildman–Crippen MR) is 125 cm³/mol. The number of rotatable bonds is 5. The van der Waals surface area contributed by atoms with Crippen molar-refractivity contribution >= 4 is 17.5 Å². The molecule has 34 heavy (non-hydrogen) atoms. The number of likely N-dealkylation sites (tertiary alicyclic amines) is 1. The average molecular weight is 462 g/mol. The summed E-state index contributed by atoms with van der Waals surface area (Å²) in [4.78, 5) is 29.3. The van der Waals surface area contributed by atoms with Crippen LogP contribution in [0.2, 0.25) is 0 Å². The molecule has 0 bridgehead atoms. The second-order valence-electron chi connectivity index (χ2n) is 8.88. The molecule has 0 aliphatic carbocycles. The first kappa shape index (κ1) is 22.2. The molecule has 176 valence electrons. The zero-order valence-corrected chi connectivity index (χ0v) is 19.3. The van der Waals surface area contributed by atoms with Gasteiger partial charge in [0.25, 0.3) is 11.8 Å². The molecule has 5 rings (SSSR count). The summed E-state index contributed by atoms with van der Waals surface area (Å²) in [5, 5.41) is 3.95. The van der Waals surface area contributed by atoms with Crippen LogP contribution in [0.25, 0.3) is 0 Å². The van der Waals surface area contributed by atoms with Crippen molar-refractivity contribution in [2.45, 2.75) is 32.5 Å². The third-order valence-corrected chi connectivity index (χ3v) is 6.57. The second kappa shape index (κ2) is 8.95. The van der Waals surface area contributed by atoms with E-state index in [0.717, 1.165) is 22.7 Å². The van der Waals surface area contributed by atoms with E-state index in [1.807, 2.05) is 56.3 Å². The molecule has 8 heteroatoms. The van der Waals surface area contributed by atoms with Crippen molar-refractivity contribution in [2.24, 2.45) is 0 Å². The van der Waals surface area contributed by atoms with Crippen LogP contribution < -0.4 is 9.64 Å². The minimum absolute atomic E-state index is 0.0158. The minimum atomic E-state index is -0.559. The Hall–Kier alpha value is -3.65. The maximum Gasteiger partial charge on any atom is 0.254 e. The Bertz CT molecular complexity index is 1190. The third kappa shape index (κ3) is 4.28. The largest absolute Gasteiger partial charge is 0.489 e. The number of ether oxygens (including phenoxy) is 2. The minimum Gasteiger partial charge on any atom is -0.489 e. The number of hydrogen-bond acceptors (Lipinski definition) is 6. The lowest BCUT2D eigenvalue weighted by molar-refractivity contribution is -0.137. The van der Waals surface area contributed by atoms with Gasteiger partial charge in [-0.2, -0.15) is 0 Å². The monoisotopic (exact) mass is 461 g/mol. The first-order valence-electron chi connectivity index (χ1n) is 11.4. The molecule has 1 unspecified atom stereocenters. The van der Waals surface area contributed by atoms with Gasteiger partial charge in [0.15, 0.2) is 0 Å². The molecule has 2 aliphatic heterocycles. The van der Waals surface area contributed by atoms with Gasteiger partial charge in [-0.1, -0.05) is 29.4 Å². The molecule has 1 aromatic heterocycles. The van der Waals surface area contributed by atoms with E-state index in [9.17, 15) is 9.59 Å². The topological polar surface area (TPSA) is 85.1 Å². The van der Waals surface area contributed by atoms with Crippen LogP contribution in [0.3, 0.4) is 0 Å². The van der Waals surface area contributed by atoms with Crippen molar-refractivity contribution in [2.75, 3.05) is 31.1 Å². The molecule has 2 fully saturated rings. The van der Waals surface area contributed by atoms with E-state index in [1.165, 1.54) is 0 Å². The first-order chi connectivity index (χ1) is 16.4. The number of nitrogens with zero attached hydrogens (tertiary/aromatic N) is 3. The molecule has 2 aromatic carbocycles. The Labute approximate surface area is 198 Å². The highest BCUT2D eigenvalue weighted by Gasteiger charge is 2.46. The molecule has 3 aromatic rings. The van der Waals surface area contributed by atoms with Crippen molar-refractivity contribution < 1.29 is 23.6 Å². The summed E-state index contributed by atoms with van der Waals surface area (Å²) < 4.78 is 17.1. The van der Waals surface area contributed by atoms with Gasteiger partial charge in [0, 0.05) is 17.8 Å². The molecule has 0 N–H and O–H groups in total. The normalized spacial score (nSPS) is 20.2. The predicted octanol–water partition coefficient (Wildman–Crippen LogP) is 3.52. The zero-order valence-electron chi connectivity index (χ0n) is 19.3. The van der Waals surface area contributed by atoms with Gasteiger partial charge in [0.2, 0.25) is 0 Å². The van der Waals surface area contributed by atoms with Crippen LogP contribution in [0.4, 0.5) is 5.69 Å². The first-order valence-corrected chi connectivity index (χ1v) is 11.4. The van der Waals surface area contributed by atoms with E-state index >= 15 is 0 Å². The highest BCUT2D eigenvalue weighted by Crippen LogP contribution is 2.33. The molecule has 1 spiro atoms. The Balaban J connectivity index is 1.26. The number of carbonyl (C=O) groups excluding carboxylic acids is 2. The molecular formula is C26H27N3O5. The van der Waals surface area contributed by atoms with Crippen molar-refractivity contribution in [1.29, 1.82) is 0 Å².